The van der Waals surface area contributed by atoms with E-state index >= 15 is 0 Å². The third kappa shape index (κ3) is 5.66. The van der Waals surface area contributed by atoms with Gasteiger partial charge < -0.3 is 20.3 Å². The van der Waals surface area contributed by atoms with E-state index in [9.17, 15) is 9.59 Å². The van der Waals surface area contributed by atoms with Gasteiger partial charge in [0.25, 0.3) is 5.91 Å². The van der Waals surface area contributed by atoms with Gasteiger partial charge in [-0.25, -0.2) is 14.8 Å². The van der Waals surface area contributed by atoms with Crippen LogP contribution in [0.3, 0.4) is 0 Å². The number of nitrogens with one attached hydrogen (secondary N) is 2. The number of hydrogen-bond donors (Lipinski definition) is 2. The molecule has 0 atom stereocenters. The maximum absolute atomic E-state index is 12.6. The summed E-state index contributed by atoms with van der Waals surface area (Å²) in [4.78, 5) is 34.4. The molecule has 8 heteroatoms. The van der Waals surface area contributed by atoms with Crippen LogP contribution in [0.2, 0.25) is 0 Å². The average Bonchev–Trinajstić information content (AvgIpc) is 2.68. The van der Waals surface area contributed by atoms with Gasteiger partial charge in [-0.15, -0.1) is 0 Å². The normalized spacial score (nSPS) is 14.4. The van der Waals surface area contributed by atoms with Crippen LogP contribution in [0.5, 0.6) is 0 Å². The van der Waals surface area contributed by atoms with Gasteiger partial charge in [-0.2, -0.15) is 0 Å². The Labute approximate surface area is 170 Å². The second kappa shape index (κ2) is 9.36. The SMILES string of the molecule is CCOC(=O)N1CCC(NC(=O)c2cc(Nc3cc(C)cc(C)c3)ncn2)CC1. The van der Waals surface area contributed by atoms with Gasteiger partial charge in [-0.05, 0) is 56.9 Å². The molecule has 1 aromatic heterocycles. The highest BCUT2D eigenvalue weighted by Gasteiger charge is 2.25. The van der Waals surface area contributed by atoms with E-state index in [1.165, 1.54) is 6.33 Å². The van der Waals surface area contributed by atoms with Crippen molar-refractivity contribution >= 4 is 23.5 Å². The third-order valence-electron chi connectivity index (χ3n) is 4.75. The number of rotatable bonds is 5. The Hall–Kier alpha value is -3.16. The predicted octanol–water partition coefficient (Wildman–Crippen LogP) is 3.19. The van der Waals surface area contributed by atoms with Gasteiger partial charge in [-0.1, -0.05) is 6.07 Å². The van der Waals surface area contributed by atoms with Crippen molar-refractivity contribution in [2.45, 2.75) is 39.7 Å². The fourth-order valence-electron chi connectivity index (χ4n) is 3.43. The molecule has 0 unspecified atom stereocenters. The monoisotopic (exact) mass is 397 g/mol. The van der Waals surface area contributed by atoms with Crippen molar-refractivity contribution in [1.29, 1.82) is 0 Å². The van der Waals surface area contributed by atoms with Gasteiger partial charge in [0.15, 0.2) is 0 Å². The molecule has 154 valence electrons. The standard InChI is InChI=1S/C21H27N5O3/c1-4-29-21(28)26-7-5-16(6-8-26)25-20(27)18-12-19(23-13-22-18)24-17-10-14(2)9-15(3)11-17/h9-13,16H,4-8H2,1-3H3,(H,25,27)(H,22,23,24). The van der Waals surface area contributed by atoms with E-state index in [-0.39, 0.29) is 18.0 Å². The predicted molar refractivity (Wildman–Crippen MR) is 110 cm³/mol. The van der Waals surface area contributed by atoms with E-state index in [0.29, 0.717) is 44.0 Å². The molecule has 29 heavy (non-hydrogen) atoms. The summed E-state index contributed by atoms with van der Waals surface area (Å²) in [6.45, 7) is 7.34. The summed E-state index contributed by atoms with van der Waals surface area (Å²) in [5.41, 5.74) is 3.51. The molecular formula is C21H27N5O3. The van der Waals surface area contributed by atoms with Gasteiger partial charge in [0.1, 0.15) is 17.8 Å². The van der Waals surface area contributed by atoms with Gasteiger partial charge in [0.2, 0.25) is 0 Å². The summed E-state index contributed by atoms with van der Waals surface area (Å²) in [5, 5.41) is 6.23. The van der Waals surface area contributed by atoms with Crippen molar-refractivity contribution in [3.8, 4) is 0 Å². The van der Waals surface area contributed by atoms with Crippen molar-refractivity contribution in [1.82, 2.24) is 20.2 Å². The van der Waals surface area contributed by atoms with Crippen molar-refractivity contribution in [2.75, 3.05) is 25.0 Å². The van der Waals surface area contributed by atoms with Crippen LogP contribution in [0.4, 0.5) is 16.3 Å². The minimum absolute atomic E-state index is 0.000950. The molecule has 2 amide bonds. The summed E-state index contributed by atoms with van der Waals surface area (Å²) in [7, 11) is 0. The first-order valence-electron chi connectivity index (χ1n) is 9.84. The van der Waals surface area contributed by atoms with Crippen molar-refractivity contribution in [2.24, 2.45) is 0 Å². The molecule has 0 bridgehead atoms. The number of hydrogen-bond acceptors (Lipinski definition) is 6. The molecule has 0 spiro atoms. The largest absolute Gasteiger partial charge is 0.450 e. The van der Waals surface area contributed by atoms with Crippen LogP contribution in [0.1, 0.15) is 41.4 Å². The Morgan fingerprint density at radius 3 is 2.45 bits per heavy atom. The fraction of sp³-hybridized carbons (Fsp3) is 0.429. The van der Waals surface area contributed by atoms with Crippen LogP contribution in [-0.4, -0.2) is 52.6 Å². The lowest BCUT2D eigenvalue weighted by molar-refractivity contribution is 0.0856. The highest BCUT2D eigenvalue weighted by molar-refractivity contribution is 5.93. The van der Waals surface area contributed by atoms with Crippen LogP contribution in [-0.2, 0) is 4.74 Å². The van der Waals surface area contributed by atoms with Crippen LogP contribution in [0, 0.1) is 13.8 Å². The molecule has 3 rings (SSSR count). The summed E-state index contributed by atoms with van der Waals surface area (Å²) >= 11 is 0. The smallest absolute Gasteiger partial charge is 0.409 e. The number of benzene rings is 1. The van der Waals surface area contributed by atoms with E-state index < -0.39 is 0 Å². The Morgan fingerprint density at radius 2 is 1.79 bits per heavy atom. The zero-order valence-corrected chi connectivity index (χ0v) is 17.1. The van der Waals surface area contributed by atoms with E-state index in [1.54, 1.807) is 17.9 Å². The molecule has 8 nitrogen and oxygen atoms in total. The molecule has 0 saturated carbocycles. The molecule has 2 heterocycles. The maximum atomic E-state index is 12.6. The minimum Gasteiger partial charge on any atom is -0.450 e. The average molecular weight is 397 g/mol. The van der Waals surface area contributed by atoms with Crippen LogP contribution >= 0.6 is 0 Å². The number of ether oxygens (including phenoxy) is 1. The number of amides is 2. The lowest BCUT2D eigenvalue weighted by Gasteiger charge is -2.31. The topological polar surface area (TPSA) is 96.5 Å². The Morgan fingerprint density at radius 1 is 1.10 bits per heavy atom. The van der Waals surface area contributed by atoms with E-state index in [1.807, 2.05) is 26.0 Å². The first-order valence-corrected chi connectivity index (χ1v) is 9.84. The molecule has 1 aliphatic heterocycles. The molecule has 2 aromatic rings. The lowest BCUT2D eigenvalue weighted by Crippen LogP contribution is -2.46. The lowest BCUT2D eigenvalue weighted by atomic mass is 10.1. The Kier molecular flexibility index (Phi) is 6.64. The molecule has 1 aliphatic rings. The van der Waals surface area contributed by atoms with Crippen LogP contribution < -0.4 is 10.6 Å². The molecule has 1 fully saturated rings. The fourth-order valence-corrected chi connectivity index (χ4v) is 3.43. The molecule has 1 aromatic carbocycles. The van der Waals surface area contributed by atoms with Gasteiger partial charge >= 0.3 is 6.09 Å². The summed E-state index contributed by atoms with van der Waals surface area (Å²) in [5.74, 6) is 0.317. The first-order chi connectivity index (χ1) is 13.9. The van der Waals surface area contributed by atoms with Crippen LogP contribution in [0.25, 0.3) is 0 Å². The number of nitrogens with zero attached hydrogens (tertiary/aromatic N) is 3. The van der Waals surface area contributed by atoms with Crippen LogP contribution in [0.15, 0.2) is 30.6 Å². The zero-order chi connectivity index (χ0) is 20.8. The highest BCUT2D eigenvalue weighted by Crippen LogP contribution is 2.18. The first kappa shape index (κ1) is 20.6. The van der Waals surface area contributed by atoms with Gasteiger partial charge in [-0.3, -0.25) is 4.79 Å². The van der Waals surface area contributed by atoms with Gasteiger partial charge in [0.05, 0.1) is 6.61 Å². The number of piperidine rings is 1. The number of carbonyl (C=O) groups excluding carboxylic acids is 2. The number of anilines is 2. The molecule has 0 aliphatic carbocycles. The second-order valence-electron chi connectivity index (χ2n) is 7.22. The number of carbonyl (C=O) groups is 2. The van der Waals surface area contributed by atoms with E-state index in [2.05, 4.69) is 26.7 Å². The maximum Gasteiger partial charge on any atom is 0.409 e. The molecule has 2 N–H and O–H groups in total. The number of aromatic nitrogens is 2. The summed E-state index contributed by atoms with van der Waals surface area (Å²) in [6, 6.07) is 7.77. The summed E-state index contributed by atoms with van der Waals surface area (Å²) < 4.78 is 5.02. The van der Waals surface area contributed by atoms with Crippen molar-refractivity contribution < 1.29 is 14.3 Å². The minimum atomic E-state index is -0.296. The van der Waals surface area contributed by atoms with Crippen molar-refractivity contribution in [3.63, 3.8) is 0 Å². The number of aryl methyl sites for hydroxylation is 2. The van der Waals surface area contributed by atoms with E-state index in [4.69, 9.17) is 4.74 Å². The zero-order valence-electron chi connectivity index (χ0n) is 17.1. The quantitative estimate of drug-likeness (QED) is 0.804. The van der Waals surface area contributed by atoms with Crippen molar-refractivity contribution in [3.05, 3.63) is 47.4 Å². The second-order valence-corrected chi connectivity index (χ2v) is 7.22. The molecular weight excluding hydrogens is 370 g/mol. The molecule has 0 radical (unpaired) electrons. The third-order valence-corrected chi connectivity index (χ3v) is 4.75. The van der Waals surface area contributed by atoms with Gasteiger partial charge in [0, 0.05) is 30.9 Å². The highest BCUT2D eigenvalue weighted by atomic mass is 16.6. The number of likely N-dealkylation sites (tertiary alicyclic amines) is 1. The van der Waals surface area contributed by atoms with E-state index in [0.717, 1.165) is 16.8 Å². The Balaban J connectivity index is 1.58. The summed E-state index contributed by atoms with van der Waals surface area (Å²) in [6.07, 6.45) is 2.45. The molecule has 1 saturated heterocycles. The Bertz CT molecular complexity index is 858.